The third-order valence-corrected chi connectivity index (χ3v) is 5.20. The van der Waals surface area contributed by atoms with E-state index in [1.807, 2.05) is 39.3 Å². The van der Waals surface area contributed by atoms with E-state index < -0.39 is 0 Å². The maximum absolute atomic E-state index is 13.7. The van der Waals surface area contributed by atoms with Crippen LogP contribution in [0.3, 0.4) is 0 Å². The molecular formula is C12H8BrFIN3S. The molecule has 0 spiro atoms. The van der Waals surface area contributed by atoms with Crippen molar-refractivity contribution in [1.29, 1.82) is 0 Å². The molecule has 2 N–H and O–H groups in total. The van der Waals surface area contributed by atoms with Crippen LogP contribution < -0.4 is 5.73 Å². The van der Waals surface area contributed by atoms with E-state index in [1.165, 1.54) is 6.07 Å². The molecule has 0 saturated carbocycles. The zero-order chi connectivity index (χ0) is 13.6. The summed E-state index contributed by atoms with van der Waals surface area (Å²) in [6, 6.07) is 7.20. The molecule has 0 aliphatic rings. The number of imidazole rings is 1. The van der Waals surface area contributed by atoms with Gasteiger partial charge in [0.05, 0.1) is 24.9 Å². The SMILES string of the molecule is Nc1nc2cc(I)c(F)cc2n1Cc1ccc(Br)s1. The number of fused-ring (bicyclic) bond motifs is 1. The summed E-state index contributed by atoms with van der Waals surface area (Å²) in [4.78, 5) is 5.42. The van der Waals surface area contributed by atoms with E-state index in [0.717, 1.165) is 19.7 Å². The van der Waals surface area contributed by atoms with Gasteiger partial charge in [-0.2, -0.15) is 0 Å². The van der Waals surface area contributed by atoms with E-state index in [2.05, 4.69) is 20.9 Å². The largest absolute Gasteiger partial charge is 0.369 e. The maximum Gasteiger partial charge on any atom is 0.201 e. The number of nitrogen functional groups attached to an aromatic ring is 1. The Hall–Kier alpha value is -0.670. The minimum atomic E-state index is -0.249. The topological polar surface area (TPSA) is 43.8 Å². The van der Waals surface area contributed by atoms with Crippen LogP contribution in [0.15, 0.2) is 28.1 Å². The highest BCUT2D eigenvalue weighted by atomic mass is 127. The third kappa shape index (κ3) is 2.50. The molecule has 1 aromatic carbocycles. The summed E-state index contributed by atoms with van der Waals surface area (Å²) >= 11 is 7.01. The van der Waals surface area contributed by atoms with Gasteiger partial charge in [0.1, 0.15) is 5.82 Å². The van der Waals surface area contributed by atoms with Crippen LogP contribution in [0, 0.1) is 9.39 Å². The average Bonchev–Trinajstić information content (AvgIpc) is 2.87. The van der Waals surface area contributed by atoms with Gasteiger partial charge in [0.2, 0.25) is 5.95 Å². The smallest absolute Gasteiger partial charge is 0.201 e. The Morgan fingerprint density at radius 2 is 2.21 bits per heavy atom. The number of aromatic nitrogens is 2. The molecular weight excluding hydrogens is 444 g/mol. The first-order valence-electron chi connectivity index (χ1n) is 5.39. The second-order valence-corrected chi connectivity index (χ2v) is 7.73. The third-order valence-electron chi connectivity index (χ3n) is 2.76. The molecule has 0 radical (unpaired) electrons. The predicted molar refractivity (Wildman–Crippen MR) is 87.9 cm³/mol. The molecule has 2 aromatic heterocycles. The molecule has 0 saturated heterocycles. The van der Waals surface area contributed by atoms with Crippen molar-refractivity contribution < 1.29 is 4.39 Å². The summed E-state index contributed by atoms with van der Waals surface area (Å²) in [5, 5.41) is 0. The van der Waals surface area contributed by atoms with E-state index in [0.29, 0.717) is 16.1 Å². The molecule has 0 aliphatic carbocycles. The van der Waals surface area contributed by atoms with Crippen LogP contribution in [0.4, 0.5) is 10.3 Å². The molecule has 98 valence electrons. The maximum atomic E-state index is 13.7. The molecule has 0 aliphatic heterocycles. The monoisotopic (exact) mass is 451 g/mol. The molecule has 0 bridgehead atoms. The first-order valence-corrected chi connectivity index (χ1v) is 8.08. The quantitative estimate of drug-likeness (QED) is 0.592. The van der Waals surface area contributed by atoms with Crippen molar-refractivity contribution in [1.82, 2.24) is 9.55 Å². The first-order chi connectivity index (χ1) is 9.04. The zero-order valence-corrected chi connectivity index (χ0v) is 14.1. The Kier molecular flexibility index (Phi) is 3.52. The lowest BCUT2D eigenvalue weighted by molar-refractivity contribution is 0.621. The van der Waals surface area contributed by atoms with Gasteiger partial charge in [-0.05, 0) is 56.7 Å². The Balaban J connectivity index is 2.12. The van der Waals surface area contributed by atoms with Crippen LogP contribution >= 0.6 is 49.9 Å². The van der Waals surface area contributed by atoms with Gasteiger partial charge in [-0.15, -0.1) is 11.3 Å². The van der Waals surface area contributed by atoms with E-state index >= 15 is 0 Å². The van der Waals surface area contributed by atoms with Crippen LogP contribution in [0.2, 0.25) is 0 Å². The van der Waals surface area contributed by atoms with Gasteiger partial charge in [0.25, 0.3) is 0 Å². The Morgan fingerprint density at radius 1 is 1.42 bits per heavy atom. The predicted octanol–water partition coefficient (Wildman–Crippen LogP) is 4.23. The molecule has 2 heterocycles. The molecule has 19 heavy (non-hydrogen) atoms. The van der Waals surface area contributed by atoms with Gasteiger partial charge < -0.3 is 10.3 Å². The van der Waals surface area contributed by atoms with Crippen molar-refractivity contribution in [2.24, 2.45) is 0 Å². The highest BCUT2D eigenvalue weighted by molar-refractivity contribution is 14.1. The molecule has 0 fully saturated rings. The van der Waals surface area contributed by atoms with Crippen molar-refractivity contribution in [3.05, 3.63) is 42.3 Å². The molecule has 3 nitrogen and oxygen atoms in total. The van der Waals surface area contributed by atoms with Crippen molar-refractivity contribution >= 4 is 66.8 Å². The van der Waals surface area contributed by atoms with Gasteiger partial charge in [-0.1, -0.05) is 0 Å². The van der Waals surface area contributed by atoms with E-state index in [1.54, 1.807) is 17.4 Å². The second kappa shape index (κ2) is 5.02. The lowest BCUT2D eigenvalue weighted by atomic mass is 10.3. The van der Waals surface area contributed by atoms with Crippen molar-refractivity contribution in [3.63, 3.8) is 0 Å². The number of anilines is 1. The second-order valence-electron chi connectivity index (χ2n) is 4.02. The Labute approximate surface area is 134 Å². The first kappa shape index (κ1) is 13.3. The van der Waals surface area contributed by atoms with Crippen molar-refractivity contribution in [2.45, 2.75) is 6.54 Å². The fourth-order valence-electron chi connectivity index (χ4n) is 1.90. The number of hydrogen-bond acceptors (Lipinski definition) is 3. The number of hydrogen-bond donors (Lipinski definition) is 1. The minimum absolute atomic E-state index is 0.249. The highest BCUT2D eigenvalue weighted by Gasteiger charge is 2.12. The van der Waals surface area contributed by atoms with E-state index in [9.17, 15) is 4.39 Å². The summed E-state index contributed by atoms with van der Waals surface area (Å²) in [6.07, 6.45) is 0. The summed E-state index contributed by atoms with van der Waals surface area (Å²) in [5.41, 5.74) is 7.37. The van der Waals surface area contributed by atoms with Crippen LogP contribution in [0.25, 0.3) is 11.0 Å². The number of rotatable bonds is 2. The fraction of sp³-hybridized carbons (Fsp3) is 0.0833. The molecule has 0 unspecified atom stereocenters. The Bertz CT molecular complexity index is 768. The van der Waals surface area contributed by atoms with Crippen LogP contribution in [0.1, 0.15) is 4.88 Å². The lowest BCUT2D eigenvalue weighted by Crippen LogP contribution is -2.03. The summed E-state index contributed by atoms with van der Waals surface area (Å²) in [7, 11) is 0. The highest BCUT2D eigenvalue weighted by Crippen LogP contribution is 2.27. The number of benzene rings is 1. The fourth-order valence-corrected chi connectivity index (χ4v) is 3.82. The van der Waals surface area contributed by atoms with Crippen LogP contribution in [-0.4, -0.2) is 9.55 Å². The minimum Gasteiger partial charge on any atom is -0.369 e. The van der Waals surface area contributed by atoms with E-state index in [4.69, 9.17) is 5.73 Å². The number of halogens is 3. The molecule has 0 atom stereocenters. The van der Waals surface area contributed by atoms with Gasteiger partial charge in [-0.25, -0.2) is 9.37 Å². The standard InChI is InChI=1S/C12H8BrFIN3S/c13-11-2-1-6(19-11)5-18-10-3-7(14)8(15)4-9(10)17-12(18)16/h1-4H,5H2,(H2,16,17). The number of thiophene rings is 1. The summed E-state index contributed by atoms with van der Waals surface area (Å²) in [5.74, 6) is 0.155. The zero-order valence-electron chi connectivity index (χ0n) is 9.53. The van der Waals surface area contributed by atoms with Crippen molar-refractivity contribution in [3.8, 4) is 0 Å². The Morgan fingerprint density at radius 3 is 2.89 bits per heavy atom. The van der Waals surface area contributed by atoms with Gasteiger partial charge in [0, 0.05) is 10.9 Å². The molecule has 3 rings (SSSR count). The molecule has 0 amide bonds. The summed E-state index contributed by atoms with van der Waals surface area (Å²) < 4.78 is 17.1. The normalized spacial score (nSPS) is 11.3. The van der Waals surface area contributed by atoms with Gasteiger partial charge in [-0.3, -0.25) is 0 Å². The van der Waals surface area contributed by atoms with Crippen molar-refractivity contribution in [2.75, 3.05) is 5.73 Å². The van der Waals surface area contributed by atoms with Crippen LogP contribution in [0.5, 0.6) is 0 Å². The molecule has 7 heteroatoms. The van der Waals surface area contributed by atoms with Gasteiger partial charge in [0.15, 0.2) is 0 Å². The summed E-state index contributed by atoms with van der Waals surface area (Å²) in [6.45, 7) is 0.596. The van der Waals surface area contributed by atoms with Crippen LogP contribution in [-0.2, 0) is 6.54 Å². The average molecular weight is 452 g/mol. The van der Waals surface area contributed by atoms with Gasteiger partial charge >= 0.3 is 0 Å². The number of nitrogens with two attached hydrogens (primary N) is 1. The lowest BCUT2D eigenvalue weighted by Gasteiger charge is -2.04. The number of nitrogens with zero attached hydrogens (tertiary/aromatic N) is 2. The molecule has 3 aromatic rings. The van der Waals surface area contributed by atoms with E-state index in [-0.39, 0.29) is 5.82 Å².